The van der Waals surface area contributed by atoms with Crippen LogP contribution < -0.4 is 53.2 Å². The molecule has 0 unspecified atom stereocenters. The van der Waals surface area contributed by atoms with E-state index in [1.165, 1.54) is 4.90 Å². The fourth-order valence-corrected chi connectivity index (χ4v) is 9.76. The smallest absolute Gasteiger partial charge is 0.305 e. The zero-order valence-corrected chi connectivity index (χ0v) is 49.4. The third-order valence-electron chi connectivity index (χ3n) is 14.6. The molecule has 31 heteroatoms. The van der Waals surface area contributed by atoms with Gasteiger partial charge in [0.25, 0.3) is 0 Å². The first-order valence-corrected chi connectivity index (χ1v) is 29.1. The molecule has 480 valence electrons. The van der Waals surface area contributed by atoms with Gasteiger partial charge in [0, 0.05) is 19.6 Å². The summed E-state index contributed by atoms with van der Waals surface area (Å²) in [4.78, 5) is 202. The number of hydrogen-bond donors (Lipinski definition) is 14. The second-order valence-electron chi connectivity index (χ2n) is 22.1. The van der Waals surface area contributed by atoms with Gasteiger partial charge in [-0.05, 0) is 69.8 Å². The third-order valence-corrected chi connectivity index (χ3v) is 14.6. The van der Waals surface area contributed by atoms with Crippen LogP contribution in [0.15, 0.2) is 12.2 Å². The predicted octanol–water partition coefficient (Wildman–Crippen LogP) is -3.46. The highest BCUT2D eigenvalue weighted by atomic mass is 16.4. The van der Waals surface area contributed by atoms with Gasteiger partial charge in [-0.25, -0.2) is 0 Å². The lowest BCUT2D eigenvalue weighted by Crippen LogP contribution is -2.63. The number of aliphatic carboxylic acids is 3. The Morgan fingerprint density at radius 3 is 1.65 bits per heavy atom. The molecule has 0 bridgehead atoms. The fraction of sp³-hybridized carbons (Fsp3) is 0.691. The molecule has 3 heterocycles. The lowest BCUT2D eigenvalue weighted by Gasteiger charge is -2.37. The van der Waals surface area contributed by atoms with Crippen LogP contribution in [0.5, 0.6) is 0 Å². The van der Waals surface area contributed by atoms with Gasteiger partial charge in [-0.2, -0.15) is 0 Å². The van der Waals surface area contributed by atoms with E-state index >= 15 is 0 Å². The molecule has 0 aromatic carbocycles. The molecule has 14 N–H and O–H groups in total. The Hall–Kier alpha value is -8.25. The molecule has 86 heavy (non-hydrogen) atoms. The maximum atomic E-state index is 14.8. The Morgan fingerprint density at radius 2 is 1.10 bits per heavy atom. The Labute approximate surface area is 497 Å². The second kappa shape index (κ2) is 36.6. The second-order valence-corrected chi connectivity index (χ2v) is 22.1. The Kier molecular flexibility index (Phi) is 30.6. The first-order chi connectivity index (χ1) is 40.6. The molecular formula is C55H86N12O19. The number of carboxylic acids is 3. The van der Waals surface area contributed by atoms with Gasteiger partial charge in [-0.3, -0.25) is 71.9 Å². The first-order valence-electron chi connectivity index (χ1n) is 29.1. The first kappa shape index (κ1) is 72.0. The molecule has 3 saturated heterocycles. The SMILES string of the molecule is CC[C@H](C)[C@@H]1NC(=O)[C@@H]([C@@H](C)O)NC(=O)CNC(=O)[C@H](CC(=O)O)NC(=O)CNC(=O)[C@H](CC(=O)O)NC(=O)CNC(=O)[C@@H]2CCCCN2C(=O)[C@@H](NC(=O)[C@H](CC(=O)O)NC(=O)/C=C/CCCCCCCC(C)C)CNC(=O)[C@@H]2CCCN2C1=O. The molecule has 0 aromatic heterocycles. The van der Waals surface area contributed by atoms with Gasteiger partial charge >= 0.3 is 17.9 Å². The molecule has 0 aromatic rings. The fourth-order valence-electron chi connectivity index (χ4n) is 9.76. The average Bonchev–Trinajstić information content (AvgIpc) is 2.02. The summed E-state index contributed by atoms with van der Waals surface area (Å²) in [5.41, 5.74) is 0. The maximum absolute atomic E-state index is 14.8. The van der Waals surface area contributed by atoms with E-state index in [0.717, 1.165) is 56.4 Å². The molecule has 31 nitrogen and oxygen atoms in total. The number of allylic oxidation sites excluding steroid dienone is 1. The van der Waals surface area contributed by atoms with Gasteiger partial charge in [0.2, 0.25) is 70.9 Å². The van der Waals surface area contributed by atoms with E-state index in [1.807, 2.05) is 0 Å². The largest absolute Gasteiger partial charge is 0.481 e. The van der Waals surface area contributed by atoms with Crippen LogP contribution >= 0.6 is 0 Å². The summed E-state index contributed by atoms with van der Waals surface area (Å²) in [7, 11) is 0. The van der Waals surface area contributed by atoms with Gasteiger partial charge in [0.05, 0.1) is 45.0 Å². The van der Waals surface area contributed by atoms with Crippen LogP contribution in [-0.4, -0.2) is 213 Å². The van der Waals surface area contributed by atoms with Crippen molar-refractivity contribution in [1.29, 1.82) is 0 Å². The summed E-state index contributed by atoms with van der Waals surface area (Å²) >= 11 is 0. The molecule has 3 rings (SSSR count). The molecule has 0 radical (unpaired) electrons. The molecule has 0 saturated carbocycles. The van der Waals surface area contributed by atoms with E-state index < -0.39 is 195 Å². The highest BCUT2D eigenvalue weighted by Crippen LogP contribution is 2.23. The Morgan fingerprint density at radius 1 is 0.593 bits per heavy atom. The van der Waals surface area contributed by atoms with Crippen LogP contribution in [0.25, 0.3) is 0 Å². The van der Waals surface area contributed by atoms with Crippen molar-refractivity contribution < 1.29 is 92.3 Å². The number of nitrogens with zero attached hydrogens (tertiary/aromatic N) is 2. The van der Waals surface area contributed by atoms with Crippen molar-refractivity contribution in [2.75, 3.05) is 39.3 Å². The minimum Gasteiger partial charge on any atom is -0.481 e. The quantitative estimate of drug-likeness (QED) is 0.0392. The summed E-state index contributed by atoms with van der Waals surface area (Å²) in [5, 5.41) is 62.3. The number of carbonyl (C=O) groups excluding carboxylic acids is 12. The van der Waals surface area contributed by atoms with Crippen molar-refractivity contribution >= 4 is 88.8 Å². The number of amides is 12. The van der Waals surface area contributed by atoms with Crippen LogP contribution in [0.3, 0.4) is 0 Å². The minimum atomic E-state index is -1.90. The van der Waals surface area contributed by atoms with E-state index in [1.54, 1.807) is 19.9 Å². The summed E-state index contributed by atoms with van der Waals surface area (Å²) < 4.78 is 0. The van der Waals surface area contributed by atoms with Gasteiger partial charge in [-0.15, -0.1) is 0 Å². The topological polar surface area (TPSA) is 464 Å². The van der Waals surface area contributed by atoms with Crippen LogP contribution in [0.2, 0.25) is 0 Å². The highest BCUT2D eigenvalue weighted by Gasteiger charge is 2.43. The minimum absolute atomic E-state index is 0.0164. The number of nitrogens with one attached hydrogen (secondary N) is 10. The number of rotatable bonds is 21. The number of aliphatic hydroxyl groups is 1. The number of carbonyl (C=O) groups is 15. The van der Waals surface area contributed by atoms with E-state index in [2.05, 4.69) is 67.0 Å². The molecule has 0 spiro atoms. The van der Waals surface area contributed by atoms with E-state index in [-0.39, 0.29) is 38.8 Å². The van der Waals surface area contributed by atoms with E-state index in [4.69, 9.17) is 0 Å². The molecule has 3 aliphatic rings. The normalized spacial score (nSPS) is 24.3. The van der Waals surface area contributed by atoms with Crippen LogP contribution in [0, 0.1) is 11.8 Å². The molecule has 0 aliphatic carbocycles. The van der Waals surface area contributed by atoms with Crippen LogP contribution in [-0.2, 0) is 71.9 Å². The van der Waals surface area contributed by atoms with Crippen molar-refractivity contribution in [2.45, 2.75) is 192 Å². The zero-order chi connectivity index (χ0) is 64.2. The Bertz CT molecular complexity index is 2490. The molecule has 3 fully saturated rings. The van der Waals surface area contributed by atoms with Crippen molar-refractivity contribution in [1.82, 2.24) is 63.0 Å². The lowest BCUT2D eigenvalue weighted by atomic mass is 9.96. The van der Waals surface area contributed by atoms with Crippen LogP contribution in [0.4, 0.5) is 0 Å². The number of unbranched alkanes of at least 4 members (excludes halogenated alkanes) is 5. The van der Waals surface area contributed by atoms with Gasteiger partial charge in [-0.1, -0.05) is 72.3 Å². The summed E-state index contributed by atoms with van der Waals surface area (Å²) in [6.45, 7) is 4.98. The monoisotopic (exact) mass is 1220 g/mol. The van der Waals surface area contributed by atoms with Crippen LogP contribution in [0.1, 0.15) is 137 Å². The molecule has 3 aliphatic heterocycles. The van der Waals surface area contributed by atoms with Gasteiger partial charge in [0.1, 0.15) is 48.3 Å². The van der Waals surface area contributed by atoms with Crippen molar-refractivity contribution in [3.63, 3.8) is 0 Å². The van der Waals surface area contributed by atoms with E-state index in [9.17, 15) is 92.3 Å². The number of hydrogen-bond acceptors (Lipinski definition) is 16. The number of piperidine rings is 1. The standard InChI is InChI=1S/C55H86N12O19/c1-6-31(4)46-55(86)67-22-16-19-38(67)51(82)56-26-36(63-50(81)35(25-45(77)78)60-39(69)20-13-11-9-7-8-10-12-17-30(2)3)54(85)66-21-15-14-18-37(66)52(83)59-28-41(71)62-33(23-43(73)74)48(79)57-27-40(70)61-34(24-44(75)76)49(80)58-29-42(72)64-47(32(5)68)53(84)65-46/h13,20,30-38,46-47,68H,6-12,14-19,21-29H2,1-5H3,(H,56,82)(H,57,79)(H,58,80)(H,59,83)(H,60,69)(H,61,70)(H,62,71)(H,63,81)(H,64,72)(H,65,84)(H,73,74)(H,75,76)(H,77,78)/b20-13+/t31-,32+,33-,34-,35-,36-,37-,38-,46-,47+/m0/s1. The maximum Gasteiger partial charge on any atom is 0.305 e. The van der Waals surface area contributed by atoms with E-state index in [0.29, 0.717) is 25.2 Å². The number of aliphatic hydroxyl groups excluding tert-OH is 1. The number of carboxylic acid groups (broad SMARTS) is 3. The highest BCUT2D eigenvalue weighted by molar-refractivity contribution is 6.00. The van der Waals surface area contributed by atoms with Crippen molar-refractivity contribution in [2.24, 2.45) is 11.8 Å². The summed E-state index contributed by atoms with van der Waals surface area (Å²) in [6.07, 6.45) is 5.77. The van der Waals surface area contributed by atoms with Crippen molar-refractivity contribution in [3.8, 4) is 0 Å². The molecular weight excluding hydrogens is 1130 g/mol. The average molecular weight is 1220 g/mol. The van der Waals surface area contributed by atoms with Gasteiger partial charge < -0.3 is 83.4 Å². The lowest BCUT2D eigenvalue weighted by molar-refractivity contribution is -0.146. The van der Waals surface area contributed by atoms with Crippen molar-refractivity contribution in [3.05, 3.63) is 12.2 Å². The number of fused-ring (bicyclic) bond motifs is 2. The van der Waals surface area contributed by atoms with Gasteiger partial charge in [0.15, 0.2) is 0 Å². The zero-order valence-electron chi connectivity index (χ0n) is 49.4. The molecule has 10 atom stereocenters. The summed E-state index contributed by atoms with van der Waals surface area (Å²) in [5.74, 6) is -17.3. The summed E-state index contributed by atoms with van der Waals surface area (Å²) in [6, 6.07) is -13.2. The predicted molar refractivity (Wildman–Crippen MR) is 302 cm³/mol. The molecule has 12 amide bonds. The Balaban J connectivity index is 2.05. The third kappa shape index (κ3) is 24.8.